The summed E-state index contributed by atoms with van der Waals surface area (Å²) in [6.45, 7) is 4.17. The highest BCUT2D eigenvalue weighted by atomic mass is 16.5. The number of alkyl carbamates (subject to hydrolysis) is 1. The van der Waals surface area contributed by atoms with Crippen LogP contribution in [0.1, 0.15) is 63.0 Å². The molecule has 0 aliphatic rings. The summed E-state index contributed by atoms with van der Waals surface area (Å²) in [6, 6.07) is 28.0. The van der Waals surface area contributed by atoms with Crippen LogP contribution < -0.4 is 16.0 Å². The van der Waals surface area contributed by atoms with Gasteiger partial charge in [-0.3, -0.25) is 4.79 Å². The summed E-state index contributed by atoms with van der Waals surface area (Å²) in [5, 5.41) is 9.33. The Labute approximate surface area is 233 Å². The first-order valence-electron chi connectivity index (χ1n) is 14.3. The maximum Gasteiger partial charge on any atom is 0.407 e. The molecule has 3 aromatic rings. The minimum absolute atomic E-state index is 0.0121. The van der Waals surface area contributed by atoms with Gasteiger partial charge in [0.25, 0.3) is 0 Å². The van der Waals surface area contributed by atoms with Crippen LogP contribution in [0.4, 0.5) is 4.79 Å². The third-order valence-electron chi connectivity index (χ3n) is 6.66. The van der Waals surface area contributed by atoms with Crippen molar-refractivity contribution < 1.29 is 14.3 Å². The molecule has 0 bridgehead atoms. The lowest BCUT2D eigenvalue weighted by molar-refractivity contribution is -0.123. The first-order valence-corrected chi connectivity index (χ1v) is 14.3. The van der Waals surface area contributed by atoms with Gasteiger partial charge in [-0.1, -0.05) is 118 Å². The zero-order valence-electron chi connectivity index (χ0n) is 23.2. The van der Waals surface area contributed by atoms with Gasteiger partial charge in [0.2, 0.25) is 5.91 Å². The lowest BCUT2D eigenvalue weighted by Crippen LogP contribution is -2.44. The molecule has 0 aliphatic heterocycles. The lowest BCUT2D eigenvalue weighted by Gasteiger charge is -2.19. The predicted molar refractivity (Wildman–Crippen MR) is 158 cm³/mol. The summed E-state index contributed by atoms with van der Waals surface area (Å²) in [4.78, 5) is 25.1. The van der Waals surface area contributed by atoms with Gasteiger partial charge in [0.15, 0.2) is 0 Å². The molecule has 208 valence electrons. The van der Waals surface area contributed by atoms with Gasteiger partial charge in [0, 0.05) is 19.6 Å². The summed E-state index contributed by atoms with van der Waals surface area (Å²) in [7, 11) is 0. The Morgan fingerprint density at radius 2 is 1.33 bits per heavy atom. The standard InChI is InChI=1S/C33H43N3O3/c1-2-3-4-5-12-23-34-32(37)31(18-13-24-35-33(38)39-26-28-14-8-6-9-15-28)36-25-27-19-21-30(22-20-27)29-16-10-7-11-17-29/h6-11,14-17,19-22,31,36H,2-5,12-13,18,23-26H2,1H3,(H,34,37)(H,35,38)/t31-/m0/s1. The van der Waals surface area contributed by atoms with Crippen molar-refractivity contribution in [3.63, 3.8) is 0 Å². The molecule has 0 spiro atoms. The van der Waals surface area contributed by atoms with Crippen molar-refractivity contribution in [1.29, 1.82) is 0 Å². The van der Waals surface area contributed by atoms with E-state index in [2.05, 4.69) is 59.3 Å². The number of ether oxygens (including phenoxy) is 1. The monoisotopic (exact) mass is 529 g/mol. The van der Waals surface area contributed by atoms with Crippen molar-refractivity contribution in [1.82, 2.24) is 16.0 Å². The molecule has 3 rings (SSSR count). The first kappa shape index (κ1) is 29.9. The highest BCUT2D eigenvalue weighted by Crippen LogP contribution is 2.19. The Kier molecular flexibility index (Phi) is 13.6. The summed E-state index contributed by atoms with van der Waals surface area (Å²) in [6.07, 6.45) is 6.61. The van der Waals surface area contributed by atoms with Gasteiger partial charge in [-0.2, -0.15) is 0 Å². The molecule has 0 unspecified atom stereocenters. The van der Waals surface area contributed by atoms with E-state index in [4.69, 9.17) is 4.74 Å². The highest BCUT2D eigenvalue weighted by molar-refractivity contribution is 5.81. The van der Waals surface area contributed by atoms with Crippen LogP contribution in [0, 0.1) is 0 Å². The van der Waals surface area contributed by atoms with Crippen LogP contribution in [0.25, 0.3) is 11.1 Å². The molecule has 6 nitrogen and oxygen atoms in total. The van der Waals surface area contributed by atoms with Crippen molar-refractivity contribution in [2.45, 2.75) is 71.1 Å². The minimum atomic E-state index is -0.446. The molecule has 0 saturated carbocycles. The molecule has 3 N–H and O–H groups in total. The Bertz CT molecular complexity index is 1090. The summed E-state index contributed by atoms with van der Waals surface area (Å²) < 4.78 is 5.28. The normalized spacial score (nSPS) is 11.5. The van der Waals surface area contributed by atoms with Gasteiger partial charge in [0.05, 0.1) is 6.04 Å². The molecule has 2 amide bonds. The number of rotatable bonds is 17. The van der Waals surface area contributed by atoms with E-state index in [1.54, 1.807) is 0 Å². The largest absolute Gasteiger partial charge is 0.445 e. The van der Waals surface area contributed by atoms with E-state index < -0.39 is 6.09 Å². The second-order valence-electron chi connectivity index (χ2n) is 9.83. The molecular formula is C33H43N3O3. The third kappa shape index (κ3) is 11.7. The van der Waals surface area contributed by atoms with E-state index >= 15 is 0 Å². The molecule has 0 radical (unpaired) electrons. The van der Waals surface area contributed by atoms with Crippen LogP contribution >= 0.6 is 0 Å². The van der Waals surface area contributed by atoms with Crippen molar-refractivity contribution >= 4 is 12.0 Å². The second kappa shape index (κ2) is 17.8. The van der Waals surface area contributed by atoms with Crippen LogP contribution in [0.15, 0.2) is 84.9 Å². The topological polar surface area (TPSA) is 79.5 Å². The second-order valence-corrected chi connectivity index (χ2v) is 9.83. The third-order valence-corrected chi connectivity index (χ3v) is 6.66. The first-order chi connectivity index (χ1) is 19.2. The Balaban J connectivity index is 1.45. The van der Waals surface area contributed by atoms with Crippen molar-refractivity contribution in [2.24, 2.45) is 0 Å². The summed E-state index contributed by atoms with van der Waals surface area (Å²) in [5.41, 5.74) is 4.42. The molecule has 0 heterocycles. The molecule has 0 fully saturated rings. The highest BCUT2D eigenvalue weighted by Gasteiger charge is 2.17. The van der Waals surface area contributed by atoms with E-state index in [1.807, 2.05) is 48.5 Å². The molecular weight excluding hydrogens is 486 g/mol. The van der Waals surface area contributed by atoms with Crippen molar-refractivity contribution in [2.75, 3.05) is 13.1 Å². The quantitative estimate of drug-likeness (QED) is 0.172. The van der Waals surface area contributed by atoms with E-state index in [9.17, 15) is 9.59 Å². The molecule has 0 aliphatic carbocycles. The zero-order chi connectivity index (χ0) is 27.5. The average Bonchev–Trinajstić information content (AvgIpc) is 2.98. The Morgan fingerprint density at radius 3 is 2.05 bits per heavy atom. The lowest BCUT2D eigenvalue weighted by atomic mass is 10.0. The number of nitrogens with one attached hydrogen (secondary N) is 3. The number of amides is 2. The van der Waals surface area contributed by atoms with E-state index in [-0.39, 0.29) is 18.6 Å². The van der Waals surface area contributed by atoms with Gasteiger partial charge in [-0.05, 0) is 41.5 Å². The Hall–Kier alpha value is -3.64. The van der Waals surface area contributed by atoms with Gasteiger partial charge in [-0.25, -0.2) is 4.79 Å². The van der Waals surface area contributed by atoms with Crippen LogP contribution in [0.5, 0.6) is 0 Å². The van der Waals surface area contributed by atoms with Gasteiger partial charge >= 0.3 is 6.09 Å². The maximum atomic E-state index is 13.0. The van der Waals surface area contributed by atoms with Gasteiger partial charge < -0.3 is 20.7 Å². The van der Waals surface area contributed by atoms with Crippen LogP contribution in [0.3, 0.4) is 0 Å². The zero-order valence-corrected chi connectivity index (χ0v) is 23.2. The molecule has 3 aromatic carbocycles. The maximum absolute atomic E-state index is 13.0. The van der Waals surface area contributed by atoms with Gasteiger partial charge in [-0.15, -0.1) is 0 Å². The molecule has 0 saturated heterocycles. The molecule has 6 heteroatoms. The smallest absolute Gasteiger partial charge is 0.407 e. The molecule has 1 atom stereocenters. The number of unbranched alkanes of at least 4 members (excludes halogenated alkanes) is 4. The van der Waals surface area contributed by atoms with Crippen LogP contribution in [-0.2, 0) is 22.7 Å². The fraction of sp³-hybridized carbons (Fsp3) is 0.394. The fourth-order valence-electron chi connectivity index (χ4n) is 4.35. The SMILES string of the molecule is CCCCCCCNC(=O)[C@H](CCCNC(=O)OCc1ccccc1)NCc1ccc(-c2ccccc2)cc1. The van der Waals surface area contributed by atoms with E-state index in [0.717, 1.165) is 24.0 Å². The fourth-order valence-corrected chi connectivity index (χ4v) is 4.35. The van der Waals surface area contributed by atoms with Crippen LogP contribution in [0.2, 0.25) is 0 Å². The average molecular weight is 530 g/mol. The van der Waals surface area contributed by atoms with E-state index in [0.29, 0.717) is 32.5 Å². The number of hydrogen-bond acceptors (Lipinski definition) is 4. The van der Waals surface area contributed by atoms with Crippen molar-refractivity contribution in [3.8, 4) is 11.1 Å². The van der Waals surface area contributed by atoms with Crippen LogP contribution in [-0.4, -0.2) is 31.1 Å². The summed E-state index contributed by atoms with van der Waals surface area (Å²) in [5.74, 6) is 0.0121. The Morgan fingerprint density at radius 1 is 0.692 bits per heavy atom. The summed E-state index contributed by atoms with van der Waals surface area (Å²) >= 11 is 0. The molecule has 39 heavy (non-hydrogen) atoms. The number of hydrogen-bond donors (Lipinski definition) is 3. The number of benzene rings is 3. The number of carbonyl (C=O) groups is 2. The van der Waals surface area contributed by atoms with Gasteiger partial charge in [0.1, 0.15) is 6.61 Å². The number of carbonyl (C=O) groups excluding carboxylic acids is 2. The predicted octanol–water partition coefficient (Wildman–Crippen LogP) is 6.61. The minimum Gasteiger partial charge on any atom is -0.445 e. The van der Waals surface area contributed by atoms with E-state index in [1.165, 1.54) is 30.4 Å². The van der Waals surface area contributed by atoms with Crippen molar-refractivity contribution in [3.05, 3.63) is 96.1 Å². The molecule has 0 aromatic heterocycles.